The average Bonchev–Trinajstić information content (AvgIpc) is 2.51. The molecule has 16 heavy (non-hydrogen) atoms. The maximum Gasteiger partial charge on any atom is 0.341 e. The van der Waals surface area contributed by atoms with Gasteiger partial charge in [0.1, 0.15) is 11.4 Å². The van der Waals surface area contributed by atoms with Gasteiger partial charge in [0.15, 0.2) is 5.75 Å². The zero-order valence-electron chi connectivity index (χ0n) is 9.16. The van der Waals surface area contributed by atoms with E-state index in [9.17, 15) is 4.79 Å². The van der Waals surface area contributed by atoms with Crippen molar-refractivity contribution in [3.05, 3.63) is 17.3 Å². The molecule has 0 saturated carbocycles. The van der Waals surface area contributed by atoms with Gasteiger partial charge in [-0.05, 0) is 25.3 Å². The van der Waals surface area contributed by atoms with Crippen LogP contribution in [0.15, 0.2) is 6.07 Å². The third-order valence-corrected chi connectivity index (χ3v) is 2.52. The summed E-state index contributed by atoms with van der Waals surface area (Å²) in [6.07, 6.45) is 2.73. The maximum atomic E-state index is 11.6. The number of hydrogen-bond acceptors (Lipinski definition) is 5. The predicted molar refractivity (Wildman–Crippen MR) is 58.4 cm³/mol. The van der Waals surface area contributed by atoms with Crippen LogP contribution >= 0.6 is 0 Å². The van der Waals surface area contributed by atoms with E-state index < -0.39 is 5.97 Å². The molecule has 0 atom stereocenters. The second-order valence-electron chi connectivity index (χ2n) is 3.67. The molecule has 0 aliphatic carbocycles. The minimum atomic E-state index is -0.438. The van der Waals surface area contributed by atoms with Crippen LogP contribution < -0.4 is 10.5 Å². The quantitative estimate of drug-likeness (QED) is 0.722. The summed E-state index contributed by atoms with van der Waals surface area (Å²) in [7, 11) is 1.34. The smallest absolute Gasteiger partial charge is 0.341 e. The number of fused-ring (bicyclic) bond motifs is 1. The van der Waals surface area contributed by atoms with E-state index in [2.05, 4.69) is 4.98 Å². The first-order valence-corrected chi connectivity index (χ1v) is 5.23. The van der Waals surface area contributed by atoms with Crippen molar-refractivity contribution in [2.75, 3.05) is 19.5 Å². The number of carbonyl (C=O) groups is 1. The first-order chi connectivity index (χ1) is 7.72. The first-order valence-electron chi connectivity index (χ1n) is 5.23. The van der Waals surface area contributed by atoms with Crippen LogP contribution in [-0.2, 0) is 11.2 Å². The summed E-state index contributed by atoms with van der Waals surface area (Å²) in [5.74, 6) is 0.412. The summed E-state index contributed by atoms with van der Waals surface area (Å²) in [5, 5.41) is 0. The normalized spacial score (nSPS) is 14.6. The van der Waals surface area contributed by atoms with Crippen LogP contribution in [0.2, 0.25) is 0 Å². The van der Waals surface area contributed by atoms with Gasteiger partial charge in [-0.3, -0.25) is 0 Å². The van der Waals surface area contributed by atoms with Gasteiger partial charge in [-0.15, -0.1) is 0 Å². The number of nitrogens with two attached hydrogens (primary N) is 1. The summed E-state index contributed by atoms with van der Waals surface area (Å²) < 4.78 is 10.2. The van der Waals surface area contributed by atoms with Gasteiger partial charge < -0.3 is 15.2 Å². The molecule has 0 aromatic carbocycles. The van der Waals surface area contributed by atoms with Crippen LogP contribution in [0.1, 0.15) is 28.9 Å². The second kappa shape index (κ2) is 4.38. The highest BCUT2D eigenvalue weighted by atomic mass is 16.5. The molecule has 1 aromatic rings. The van der Waals surface area contributed by atoms with Crippen molar-refractivity contribution < 1.29 is 14.3 Å². The van der Waals surface area contributed by atoms with Gasteiger partial charge in [-0.25, -0.2) is 9.78 Å². The fraction of sp³-hybridized carbons (Fsp3) is 0.455. The number of pyridine rings is 1. The lowest BCUT2D eigenvalue weighted by atomic mass is 10.1. The summed E-state index contributed by atoms with van der Waals surface area (Å²) >= 11 is 0. The third kappa shape index (κ3) is 1.93. The molecule has 0 fully saturated rings. The van der Waals surface area contributed by atoms with E-state index >= 15 is 0 Å². The zero-order chi connectivity index (χ0) is 11.5. The van der Waals surface area contributed by atoms with Gasteiger partial charge in [0.05, 0.1) is 19.4 Å². The average molecular weight is 222 g/mol. The van der Waals surface area contributed by atoms with Gasteiger partial charge >= 0.3 is 5.97 Å². The first kappa shape index (κ1) is 10.7. The minimum absolute atomic E-state index is 0.324. The highest BCUT2D eigenvalue weighted by Gasteiger charge is 2.21. The van der Waals surface area contributed by atoms with Crippen molar-refractivity contribution in [3.63, 3.8) is 0 Å². The number of esters is 1. The van der Waals surface area contributed by atoms with Crippen LogP contribution in [0.3, 0.4) is 0 Å². The Kier molecular flexibility index (Phi) is 2.94. The lowest BCUT2D eigenvalue weighted by molar-refractivity contribution is 0.0596. The molecule has 0 spiro atoms. The molecule has 0 radical (unpaired) electrons. The minimum Gasteiger partial charge on any atom is -0.491 e. The van der Waals surface area contributed by atoms with Crippen LogP contribution in [0.5, 0.6) is 5.75 Å². The number of carbonyl (C=O) groups excluding carboxylic acids is 1. The number of ether oxygens (including phenoxy) is 2. The molecule has 2 rings (SSSR count). The number of nitrogens with zero attached hydrogens (tertiary/aromatic N) is 1. The van der Waals surface area contributed by atoms with Gasteiger partial charge in [-0.2, -0.15) is 0 Å². The number of aryl methyl sites for hydroxylation is 1. The van der Waals surface area contributed by atoms with E-state index in [0.717, 1.165) is 25.0 Å². The van der Waals surface area contributed by atoms with Crippen molar-refractivity contribution in [2.45, 2.75) is 19.3 Å². The Hall–Kier alpha value is -1.78. The molecule has 1 aliphatic heterocycles. The molecule has 5 heteroatoms. The fourth-order valence-corrected chi connectivity index (χ4v) is 1.77. The van der Waals surface area contributed by atoms with Crippen molar-refractivity contribution in [2.24, 2.45) is 0 Å². The SMILES string of the molecule is COC(=O)c1cc(N)nc2c1OCCCC2. The Morgan fingerprint density at radius 1 is 1.56 bits per heavy atom. The van der Waals surface area contributed by atoms with E-state index in [1.54, 1.807) is 0 Å². The molecule has 0 unspecified atom stereocenters. The lowest BCUT2D eigenvalue weighted by Crippen LogP contribution is -2.09. The molecule has 1 aliphatic rings. The van der Waals surface area contributed by atoms with E-state index in [4.69, 9.17) is 15.2 Å². The van der Waals surface area contributed by atoms with E-state index in [1.165, 1.54) is 13.2 Å². The fourth-order valence-electron chi connectivity index (χ4n) is 1.77. The molecule has 86 valence electrons. The molecule has 0 amide bonds. The molecule has 0 saturated heterocycles. The van der Waals surface area contributed by atoms with E-state index in [0.29, 0.717) is 23.7 Å². The van der Waals surface area contributed by atoms with Crippen molar-refractivity contribution in [1.29, 1.82) is 0 Å². The second-order valence-corrected chi connectivity index (χ2v) is 3.67. The number of aromatic nitrogens is 1. The monoisotopic (exact) mass is 222 g/mol. The van der Waals surface area contributed by atoms with Gasteiger partial charge in [0.2, 0.25) is 0 Å². The Labute approximate surface area is 93.6 Å². The Bertz CT molecular complexity index is 418. The van der Waals surface area contributed by atoms with Crippen LogP contribution in [0.4, 0.5) is 5.82 Å². The molecule has 2 N–H and O–H groups in total. The van der Waals surface area contributed by atoms with Crippen molar-refractivity contribution >= 4 is 11.8 Å². The van der Waals surface area contributed by atoms with Crippen LogP contribution in [0, 0.1) is 0 Å². The van der Waals surface area contributed by atoms with E-state index in [-0.39, 0.29) is 0 Å². The van der Waals surface area contributed by atoms with Crippen LogP contribution in [0.25, 0.3) is 0 Å². The summed E-state index contributed by atoms with van der Waals surface area (Å²) in [6, 6.07) is 1.50. The predicted octanol–water partition coefficient (Wildman–Crippen LogP) is 1.17. The molecule has 5 nitrogen and oxygen atoms in total. The largest absolute Gasteiger partial charge is 0.491 e. The Balaban J connectivity index is 2.50. The lowest BCUT2D eigenvalue weighted by Gasteiger charge is -2.11. The third-order valence-electron chi connectivity index (χ3n) is 2.52. The number of rotatable bonds is 1. The Morgan fingerprint density at radius 3 is 3.12 bits per heavy atom. The Morgan fingerprint density at radius 2 is 2.38 bits per heavy atom. The summed E-state index contributed by atoms with van der Waals surface area (Å²) in [5.41, 5.74) is 6.77. The molecule has 2 heterocycles. The summed E-state index contributed by atoms with van der Waals surface area (Å²) in [4.78, 5) is 15.8. The zero-order valence-corrected chi connectivity index (χ0v) is 9.16. The van der Waals surface area contributed by atoms with Gasteiger partial charge in [0.25, 0.3) is 0 Å². The number of hydrogen-bond donors (Lipinski definition) is 1. The number of nitrogen functional groups attached to an aromatic ring is 1. The number of anilines is 1. The summed E-state index contributed by atoms with van der Waals surface area (Å²) in [6.45, 7) is 0.600. The molecule has 0 bridgehead atoms. The highest BCUT2D eigenvalue weighted by Crippen LogP contribution is 2.29. The number of methoxy groups -OCH3 is 1. The topological polar surface area (TPSA) is 74.4 Å². The van der Waals surface area contributed by atoms with E-state index in [1.807, 2.05) is 0 Å². The highest BCUT2D eigenvalue weighted by molar-refractivity contribution is 5.93. The molecular formula is C11H14N2O3. The van der Waals surface area contributed by atoms with Crippen LogP contribution in [-0.4, -0.2) is 24.7 Å². The molecular weight excluding hydrogens is 208 g/mol. The molecule has 1 aromatic heterocycles. The standard InChI is InChI=1S/C11H14N2O3/c1-15-11(14)7-6-9(12)13-8-4-2-3-5-16-10(7)8/h6H,2-5H2,1H3,(H2,12,13). The van der Waals surface area contributed by atoms with Crippen molar-refractivity contribution in [3.8, 4) is 5.75 Å². The van der Waals surface area contributed by atoms with Gasteiger partial charge in [0, 0.05) is 0 Å². The van der Waals surface area contributed by atoms with Gasteiger partial charge in [-0.1, -0.05) is 0 Å². The van der Waals surface area contributed by atoms with Crippen molar-refractivity contribution in [1.82, 2.24) is 4.98 Å². The maximum absolute atomic E-state index is 11.6.